The molecular weight excluding hydrogens is 372 g/mol. The number of carbonyl (C=O) groups is 2. The summed E-state index contributed by atoms with van der Waals surface area (Å²) >= 11 is 1.50. The first-order valence-corrected chi connectivity index (χ1v) is 10.9. The van der Waals surface area contributed by atoms with Crippen LogP contribution in [-0.4, -0.2) is 53.9 Å². The molecule has 2 unspecified atom stereocenters. The molecule has 0 radical (unpaired) electrons. The molecule has 2 fully saturated rings. The van der Waals surface area contributed by atoms with Crippen LogP contribution >= 0.6 is 11.3 Å². The lowest BCUT2D eigenvalue weighted by molar-refractivity contribution is -0.123. The van der Waals surface area contributed by atoms with Gasteiger partial charge in [0.05, 0.1) is 6.04 Å². The quantitative estimate of drug-likeness (QED) is 0.812. The zero-order chi connectivity index (χ0) is 19.3. The molecule has 0 aliphatic carbocycles. The van der Waals surface area contributed by atoms with Gasteiger partial charge in [0.1, 0.15) is 10.7 Å². The Labute approximate surface area is 169 Å². The van der Waals surface area contributed by atoms with Crippen molar-refractivity contribution in [2.75, 3.05) is 26.2 Å². The van der Waals surface area contributed by atoms with Crippen LogP contribution in [0.5, 0.6) is 0 Å². The van der Waals surface area contributed by atoms with E-state index >= 15 is 0 Å². The van der Waals surface area contributed by atoms with Gasteiger partial charge in [0.15, 0.2) is 0 Å². The molecule has 2 aliphatic rings. The van der Waals surface area contributed by atoms with Crippen molar-refractivity contribution < 1.29 is 9.59 Å². The second-order valence-corrected chi connectivity index (χ2v) is 8.42. The Kier molecular flexibility index (Phi) is 6.02. The largest absolute Gasteiger partial charge is 0.354 e. The number of piperidine rings is 1. The normalized spacial score (nSPS) is 22.2. The van der Waals surface area contributed by atoms with E-state index in [2.05, 4.69) is 15.6 Å². The van der Waals surface area contributed by atoms with E-state index in [4.69, 9.17) is 0 Å². The molecule has 0 spiro atoms. The molecule has 2 saturated heterocycles. The van der Waals surface area contributed by atoms with Gasteiger partial charge in [0, 0.05) is 30.6 Å². The average molecular weight is 399 g/mol. The van der Waals surface area contributed by atoms with Gasteiger partial charge in [-0.05, 0) is 38.1 Å². The van der Waals surface area contributed by atoms with Crippen LogP contribution in [0.15, 0.2) is 35.7 Å². The zero-order valence-corrected chi connectivity index (χ0v) is 16.7. The van der Waals surface area contributed by atoms with E-state index in [1.807, 2.05) is 40.6 Å². The Morgan fingerprint density at radius 3 is 2.86 bits per heavy atom. The Morgan fingerprint density at radius 1 is 1.21 bits per heavy atom. The number of benzene rings is 1. The molecule has 2 aliphatic heterocycles. The van der Waals surface area contributed by atoms with Gasteiger partial charge in [-0.2, -0.15) is 0 Å². The maximum atomic E-state index is 12.9. The molecule has 2 aromatic rings. The van der Waals surface area contributed by atoms with Crippen LogP contribution in [0.4, 0.5) is 0 Å². The second kappa shape index (κ2) is 8.84. The summed E-state index contributed by atoms with van der Waals surface area (Å²) in [5.74, 6) is 0.384. The average Bonchev–Trinajstić information content (AvgIpc) is 3.45. The molecule has 2 atom stereocenters. The molecule has 6 nitrogen and oxygen atoms in total. The van der Waals surface area contributed by atoms with Crippen molar-refractivity contribution in [3.05, 3.63) is 41.4 Å². The van der Waals surface area contributed by atoms with Crippen LogP contribution in [0.1, 0.15) is 36.2 Å². The fourth-order valence-electron chi connectivity index (χ4n) is 3.94. The Bertz CT molecular complexity index is 817. The minimum atomic E-state index is -0.0484. The highest BCUT2D eigenvalue weighted by molar-refractivity contribution is 7.13. The SMILES string of the molecule is O=C(NCC1CCCN(C(=O)c2csc(-c3ccccc3)n2)C1)C1CCCN1. The molecule has 0 saturated carbocycles. The smallest absolute Gasteiger partial charge is 0.273 e. The molecule has 148 valence electrons. The minimum Gasteiger partial charge on any atom is -0.354 e. The lowest BCUT2D eigenvalue weighted by atomic mass is 9.97. The van der Waals surface area contributed by atoms with Gasteiger partial charge in [-0.1, -0.05) is 30.3 Å². The van der Waals surface area contributed by atoms with Crippen molar-refractivity contribution in [3.8, 4) is 10.6 Å². The highest BCUT2D eigenvalue weighted by Crippen LogP contribution is 2.25. The Hall–Kier alpha value is -2.25. The topological polar surface area (TPSA) is 74.3 Å². The highest BCUT2D eigenvalue weighted by Gasteiger charge is 2.27. The van der Waals surface area contributed by atoms with Gasteiger partial charge in [0.2, 0.25) is 5.91 Å². The van der Waals surface area contributed by atoms with E-state index in [0.717, 1.165) is 49.3 Å². The Morgan fingerprint density at radius 2 is 2.07 bits per heavy atom. The van der Waals surface area contributed by atoms with Crippen molar-refractivity contribution in [1.82, 2.24) is 20.5 Å². The lowest BCUT2D eigenvalue weighted by Crippen LogP contribution is -2.46. The van der Waals surface area contributed by atoms with Crippen molar-refractivity contribution in [1.29, 1.82) is 0 Å². The van der Waals surface area contributed by atoms with Crippen molar-refractivity contribution >= 4 is 23.2 Å². The molecule has 7 heteroatoms. The molecule has 2 amide bonds. The van der Waals surface area contributed by atoms with Crippen molar-refractivity contribution in [2.24, 2.45) is 5.92 Å². The predicted octanol–water partition coefficient (Wildman–Crippen LogP) is 2.53. The number of nitrogens with one attached hydrogen (secondary N) is 2. The van der Waals surface area contributed by atoms with Crippen LogP contribution in [0, 0.1) is 5.92 Å². The fourth-order valence-corrected chi connectivity index (χ4v) is 4.74. The van der Waals surface area contributed by atoms with E-state index < -0.39 is 0 Å². The molecule has 4 rings (SSSR count). The maximum Gasteiger partial charge on any atom is 0.273 e. The van der Waals surface area contributed by atoms with Gasteiger partial charge in [-0.25, -0.2) is 4.98 Å². The number of amides is 2. The van der Waals surface area contributed by atoms with E-state index in [1.54, 1.807) is 0 Å². The molecule has 2 N–H and O–H groups in total. The molecule has 28 heavy (non-hydrogen) atoms. The third-order valence-corrected chi connectivity index (χ3v) is 6.38. The molecule has 1 aromatic carbocycles. The van der Waals surface area contributed by atoms with Crippen LogP contribution in [0.2, 0.25) is 0 Å². The number of rotatable bonds is 5. The van der Waals surface area contributed by atoms with E-state index in [-0.39, 0.29) is 17.9 Å². The first-order valence-electron chi connectivity index (χ1n) is 10.0. The zero-order valence-electron chi connectivity index (χ0n) is 15.9. The number of carbonyl (C=O) groups excluding carboxylic acids is 2. The number of hydrogen-bond acceptors (Lipinski definition) is 5. The van der Waals surface area contributed by atoms with Crippen LogP contribution in [0.3, 0.4) is 0 Å². The fraction of sp³-hybridized carbons (Fsp3) is 0.476. The number of thiazole rings is 1. The van der Waals surface area contributed by atoms with Gasteiger partial charge in [-0.3, -0.25) is 9.59 Å². The van der Waals surface area contributed by atoms with Gasteiger partial charge >= 0.3 is 0 Å². The summed E-state index contributed by atoms with van der Waals surface area (Å²) < 4.78 is 0. The lowest BCUT2D eigenvalue weighted by Gasteiger charge is -2.32. The summed E-state index contributed by atoms with van der Waals surface area (Å²) in [4.78, 5) is 31.6. The van der Waals surface area contributed by atoms with Crippen molar-refractivity contribution in [2.45, 2.75) is 31.7 Å². The number of hydrogen-bond donors (Lipinski definition) is 2. The molecule has 1 aromatic heterocycles. The molecule has 3 heterocycles. The number of nitrogens with zero attached hydrogens (tertiary/aromatic N) is 2. The highest BCUT2D eigenvalue weighted by atomic mass is 32.1. The van der Waals surface area contributed by atoms with Gasteiger partial charge in [-0.15, -0.1) is 11.3 Å². The van der Waals surface area contributed by atoms with E-state index in [9.17, 15) is 9.59 Å². The Balaban J connectivity index is 1.33. The predicted molar refractivity (Wildman–Crippen MR) is 110 cm³/mol. The van der Waals surface area contributed by atoms with Crippen LogP contribution in [0.25, 0.3) is 10.6 Å². The third-order valence-electron chi connectivity index (χ3n) is 5.49. The molecule has 0 bridgehead atoms. The summed E-state index contributed by atoms with van der Waals surface area (Å²) in [6, 6.07) is 9.88. The summed E-state index contributed by atoms with van der Waals surface area (Å²) in [6.07, 6.45) is 3.97. The summed E-state index contributed by atoms with van der Waals surface area (Å²) in [5, 5.41) is 9.01. The number of aromatic nitrogens is 1. The third kappa shape index (κ3) is 4.42. The maximum absolute atomic E-state index is 12.9. The monoisotopic (exact) mass is 398 g/mol. The number of likely N-dealkylation sites (tertiary alicyclic amines) is 1. The summed E-state index contributed by atoms with van der Waals surface area (Å²) in [5.41, 5.74) is 1.55. The summed E-state index contributed by atoms with van der Waals surface area (Å²) in [6.45, 7) is 2.98. The minimum absolute atomic E-state index is 0.00748. The van der Waals surface area contributed by atoms with Gasteiger partial charge < -0.3 is 15.5 Å². The van der Waals surface area contributed by atoms with E-state index in [1.165, 1.54) is 11.3 Å². The van der Waals surface area contributed by atoms with E-state index in [0.29, 0.717) is 24.7 Å². The van der Waals surface area contributed by atoms with Crippen LogP contribution in [-0.2, 0) is 4.79 Å². The van der Waals surface area contributed by atoms with Crippen LogP contribution < -0.4 is 10.6 Å². The van der Waals surface area contributed by atoms with Gasteiger partial charge in [0.25, 0.3) is 5.91 Å². The first kappa shape index (κ1) is 19.1. The van der Waals surface area contributed by atoms with Crippen molar-refractivity contribution in [3.63, 3.8) is 0 Å². The standard InChI is InChI=1S/C21H26N4O2S/c26-19(17-9-4-10-22-17)23-12-15-6-5-11-25(13-15)21(27)18-14-28-20(24-18)16-7-2-1-3-8-16/h1-3,7-8,14-15,17,22H,4-6,9-13H2,(H,23,26). The summed E-state index contributed by atoms with van der Waals surface area (Å²) in [7, 11) is 0. The first-order chi connectivity index (χ1) is 13.7. The second-order valence-electron chi connectivity index (χ2n) is 7.56. The molecular formula is C21H26N4O2S.